The average molecular weight is 234 g/mol. The molecule has 0 amide bonds. The van der Waals surface area contributed by atoms with Crippen molar-refractivity contribution in [2.45, 2.75) is 26.7 Å². The molecule has 0 spiro atoms. The van der Waals surface area contributed by atoms with Crippen LogP contribution in [0.1, 0.15) is 31.0 Å². The molecule has 0 fully saturated rings. The highest BCUT2D eigenvalue weighted by Crippen LogP contribution is 2.33. The first-order valence-corrected chi connectivity index (χ1v) is 6.02. The van der Waals surface area contributed by atoms with Crippen LogP contribution in [0.15, 0.2) is 18.2 Å². The molecular formula is C14H19FN2. The third-order valence-corrected chi connectivity index (χ3v) is 3.43. The van der Waals surface area contributed by atoms with Gasteiger partial charge < -0.3 is 10.7 Å². The van der Waals surface area contributed by atoms with Gasteiger partial charge in [-0.3, -0.25) is 0 Å². The minimum atomic E-state index is -0.209. The van der Waals surface area contributed by atoms with E-state index in [0.29, 0.717) is 18.4 Å². The summed E-state index contributed by atoms with van der Waals surface area (Å²) in [7, 11) is 0. The molecule has 92 valence electrons. The van der Waals surface area contributed by atoms with Gasteiger partial charge in [0.15, 0.2) is 0 Å². The molecule has 1 unspecified atom stereocenters. The van der Waals surface area contributed by atoms with Crippen molar-refractivity contribution in [3.05, 3.63) is 35.3 Å². The van der Waals surface area contributed by atoms with E-state index < -0.39 is 0 Å². The van der Waals surface area contributed by atoms with Crippen molar-refractivity contribution in [2.75, 3.05) is 6.54 Å². The number of aromatic nitrogens is 1. The summed E-state index contributed by atoms with van der Waals surface area (Å²) in [5.74, 6) is 0.580. The number of nitrogens with one attached hydrogen (secondary N) is 1. The van der Waals surface area contributed by atoms with Crippen LogP contribution < -0.4 is 5.73 Å². The molecule has 2 rings (SSSR count). The molecule has 3 N–H and O–H groups in total. The third-order valence-electron chi connectivity index (χ3n) is 3.43. The largest absolute Gasteiger partial charge is 0.358 e. The van der Waals surface area contributed by atoms with Gasteiger partial charge in [-0.2, -0.15) is 0 Å². The Labute approximate surface area is 101 Å². The lowest BCUT2D eigenvalue weighted by atomic mass is 9.87. The molecule has 17 heavy (non-hydrogen) atoms. The molecule has 1 aromatic carbocycles. The standard InChI is InChI=1S/C14H19FN2/c1-8(2)12(7-16)14-9(3)17-13-6-10(15)4-5-11(13)14/h4-6,8,12,17H,7,16H2,1-3H3. The highest BCUT2D eigenvalue weighted by Gasteiger charge is 2.20. The monoisotopic (exact) mass is 234 g/mol. The van der Waals surface area contributed by atoms with Crippen molar-refractivity contribution in [3.8, 4) is 0 Å². The first-order valence-electron chi connectivity index (χ1n) is 6.02. The molecule has 3 heteroatoms. The molecule has 0 radical (unpaired) electrons. The van der Waals surface area contributed by atoms with Crippen molar-refractivity contribution in [1.29, 1.82) is 0 Å². The van der Waals surface area contributed by atoms with Gasteiger partial charge in [0.05, 0.1) is 0 Å². The minimum absolute atomic E-state index is 0.209. The number of halogens is 1. The zero-order chi connectivity index (χ0) is 12.6. The van der Waals surface area contributed by atoms with Gasteiger partial charge in [-0.1, -0.05) is 13.8 Å². The summed E-state index contributed by atoms with van der Waals surface area (Å²) >= 11 is 0. The Bertz CT molecular complexity index is 528. The molecule has 1 atom stereocenters. The number of aryl methyl sites for hydroxylation is 1. The van der Waals surface area contributed by atoms with Gasteiger partial charge in [-0.05, 0) is 43.1 Å². The highest BCUT2D eigenvalue weighted by molar-refractivity contribution is 5.85. The topological polar surface area (TPSA) is 41.8 Å². The normalized spacial score (nSPS) is 13.5. The van der Waals surface area contributed by atoms with Gasteiger partial charge in [0.1, 0.15) is 5.82 Å². The maximum Gasteiger partial charge on any atom is 0.125 e. The minimum Gasteiger partial charge on any atom is -0.358 e. The van der Waals surface area contributed by atoms with Crippen molar-refractivity contribution in [2.24, 2.45) is 11.7 Å². The lowest BCUT2D eigenvalue weighted by molar-refractivity contribution is 0.507. The fourth-order valence-corrected chi connectivity index (χ4v) is 2.53. The number of H-pyrrole nitrogens is 1. The van der Waals surface area contributed by atoms with Crippen LogP contribution in [-0.2, 0) is 0 Å². The molecule has 2 aromatic rings. The zero-order valence-electron chi connectivity index (χ0n) is 10.5. The third kappa shape index (κ3) is 2.07. The lowest BCUT2D eigenvalue weighted by Crippen LogP contribution is -2.18. The first kappa shape index (κ1) is 12.1. The van der Waals surface area contributed by atoms with E-state index in [0.717, 1.165) is 16.6 Å². The predicted octanol–water partition coefficient (Wildman–Crippen LogP) is 3.31. The van der Waals surface area contributed by atoms with E-state index in [1.807, 2.05) is 13.0 Å². The van der Waals surface area contributed by atoms with Crippen LogP contribution in [0.4, 0.5) is 4.39 Å². The second kappa shape index (κ2) is 4.49. The SMILES string of the molecule is Cc1[nH]c2cc(F)ccc2c1C(CN)C(C)C. The fraction of sp³-hybridized carbons (Fsp3) is 0.429. The van der Waals surface area contributed by atoms with E-state index in [1.165, 1.54) is 11.6 Å². The highest BCUT2D eigenvalue weighted by atomic mass is 19.1. The number of nitrogens with two attached hydrogens (primary N) is 1. The maximum absolute atomic E-state index is 13.2. The smallest absolute Gasteiger partial charge is 0.125 e. The van der Waals surface area contributed by atoms with Crippen LogP contribution in [0, 0.1) is 18.7 Å². The second-order valence-corrected chi connectivity index (χ2v) is 4.94. The van der Waals surface area contributed by atoms with E-state index >= 15 is 0 Å². The number of hydrogen-bond donors (Lipinski definition) is 2. The Kier molecular flexibility index (Phi) is 3.20. The van der Waals surface area contributed by atoms with Gasteiger partial charge in [-0.25, -0.2) is 4.39 Å². The number of rotatable bonds is 3. The molecule has 0 saturated heterocycles. The molecule has 2 nitrogen and oxygen atoms in total. The van der Waals surface area contributed by atoms with E-state index in [1.54, 1.807) is 6.07 Å². The van der Waals surface area contributed by atoms with Crippen LogP contribution >= 0.6 is 0 Å². The number of aromatic amines is 1. The summed E-state index contributed by atoms with van der Waals surface area (Å²) in [6.07, 6.45) is 0. The van der Waals surface area contributed by atoms with Gasteiger partial charge in [0, 0.05) is 22.5 Å². The van der Waals surface area contributed by atoms with Gasteiger partial charge >= 0.3 is 0 Å². The Morgan fingerprint density at radius 3 is 2.65 bits per heavy atom. The van der Waals surface area contributed by atoms with Crippen LogP contribution in [0.25, 0.3) is 10.9 Å². The van der Waals surface area contributed by atoms with Gasteiger partial charge in [0.25, 0.3) is 0 Å². The van der Waals surface area contributed by atoms with E-state index in [9.17, 15) is 4.39 Å². The first-order chi connectivity index (χ1) is 8.04. The van der Waals surface area contributed by atoms with Gasteiger partial charge in [0.2, 0.25) is 0 Å². The predicted molar refractivity (Wildman–Crippen MR) is 69.6 cm³/mol. The van der Waals surface area contributed by atoms with Crippen molar-refractivity contribution in [3.63, 3.8) is 0 Å². The van der Waals surface area contributed by atoms with Crippen molar-refractivity contribution >= 4 is 10.9 Å². The molecule has 0 aliphatic heterocycles. The van der Waals surface area contributed by atoms with E-state index in [2.05, 4.69) is 18.8 Å². The van der Waals surface area contributed by atoms with Gasteiger partial charge in [-0.15, -0.1) is 0 Å². The Morgan fingerprint density at radius 1 is 1.35 bits per heavy atom. The van der Waals surface area contributed by atoms with Crippen LogP contribution in [0.2, 0.25) is 0 Å². The Balaban J connectivity index is 2.63. The number of benzene rings is 1. The molecule has 1 aromatic heterocycles. The summed E-state index contributed by atoms with van der Waals surface area (Å²) in [6.45, 7) is 6.97. The quantitative estimate of drug-likeness (QED) is 0.840. The summed E-state index contributed by atoms with van der Waals surface area (Å²) in [6, 6.07) is 4.89. The number of fused-ring (bicyclic) bond motifs is 1. The Hall–Kier alpha value is -1.35. The van der Waals surface area contributed by atoms with Crippen LogP contribution in [0.3, 0.4) is 0 Å². The second-order valence-electron chi connectivity index (χ2n) is 4.94. The van der Waals surface area contributed by atoms with Crippen LogP contribution in [-0.4, -0.2) is 11.5 Å². The lowest BCUT2D eigenvalue weighted by Gasteiger charge is -2.19. The summed E-state index contributed by atoms with van der Waals surface area (Å²) in [4.78, 5) is 3.24. The van der Waals surface area contributed by atoms with E-state index in [-0.39, 0.29) is 5.82 Å². The summed E-state index contributed by atoms with van der Waals surface area (Å²) in [5, 5.41) is 1.09. The van der Waals surface area contributed by atoms with Crippen LogP contribution in [0.5, 0.6) is 0 Å². The summed E-state index contributed by atoms with van der Waals surface area (Å²) in [5.41, 5.74) is 9.05. The number of hydrogen-bond acceptors (Lipinski definition) is 1. The maximum atomic E-state index is 13.2. The van der Waals surface area contributed by atoms with Crippen molar-refractivity contribution < 1.29 is 4.39 Å². The summed E-state index contributed by atoms with van der Waals surface area (Å²) < 4.78 is 13.2. The molecule has 0 aliphatic carbocycles. The average Bonchev–Trinajstić information content (AvgIpc) is 2.55. The molecule has 0 bridgehead atoms. The molecule has 0 saturated carbocycles. The molecule has 0 aliphatic rings. The van der Waals surface area contributed by atoms with Crippen molar-refractivity contribution in [1.82, 2.24) is 4.98 Å². The van der Waals surface area contributed by atoms with E-state index in [4.69, 9.17) is 5.73 Å². The Morgan fingerprint density at radius 2 is 2.06 bits per heavy atom. The zero-order valence-corrected chi connectivity index (χ0v) is 10.5. The fourth-order valence-electron chi connectivity index (χ4n) is 2.53. The molecule has 1 heterocycles. The molecular weight excluding hydrogens is 215 g/mol.